The molecule has 0 saturated heterocycles. The van der Waals surface area contributed by atoms with E-state index in [0.29, 0.717) is 0 Å². The molecule has 5 N–H and O–H groups in total. The van der Waals surface area contributed by atoms with Gasteiger partial charge in [0.15, 0.2) is 0 Å². The molecule has 84 valence electrons. The third kappa shape index (κ3) is 2.85. The van der Waals surface area contributed by atoms with Gasteiger partial charge < -0.3 is 21.1 Å². The summed E-state index contributed by atoms with van der Waals surface area (Å²) in [6.07, 6.45) is -1.59. The molecule has 0 amide bonds. The van der Waals surface area contributed by atoms with Gasteiger partial charge in [-0.1, -0.05) is 0 Å². The summed E-state index contributed by atoms with van der Waals surface area (Å²) in [6, 6.07) is 1.01. The van der Waals surface area contributed by atoms with Crippen molar-refractivity contribution in [1.82, 2.24) is 4.98 Å². The topological polar surface area (TPSA) is 99.6 Å². The largest absolute Gasteiger partial charge is 0.397 e. The lowest BCUT2D eigenvalue weighted by molar-refractivity contribution is 0.00229. The summed E-state index contributed by atoms with van der Waals surface area (Å²) in [7, 11) is 0. The molecule has 2 atom stereocenters. The lowest BCUT2D eigenvalue weighted by Gasteiger charge is -2.17. The van der Waals surface area contributed by atoms with Crippen LogP contribution in [0.25, 0.3) is 0 Å². The minimum absolute atomic E-state index is 0.000334. The van der Waals surface area contributed by atoms with Gasteiger partial charge in [-0.05, 0) is 6.42 Å². The van der Waals surface area contributed by atoms with E-state index >= 15 is 0 Å². The molecule has 0 aliphatic heterocycles. The predicted molar refractivity (Wildman–Crippen MR) is 51.3 cm³/mol. The van der Waals surface area contributed by atoms with Gasteiger partial charge in [0, 0.05) is 12.7 Å². The Morgan fingerprint density at radius 3 is 2.67 bits per heavy atom. The van der Waals surface area contributed by atoms with E-state index in [2.05, 4.69) is 4.98 Å². The number of halogens is 1. The van der Waals surface area contributed by atoms with Gasteiger partial charge in [0.1, 0.15) is 11.9 Å². The SMILES string of the molecule is Nc1cc(F)cnc1C(O)C(O)CCO. The minimum atomic E-state index is -1.32. The molecule has 5 nitrogen and oxygen atoms in total. The molecule has 0 saturated carbocycles. The van der Waals surface area contributed by atoms with Gasteiger partial charge in [-0.15, -0.1) is 0 Å². The van der Waals surface area contributed by atoms with Crippen LogP contribution in [0.4, 0.5) is 10.1 Å². The van der Waals surface area contributed by atoms with Gasteiger partial charge in [0.05, 0.1) is 23.7 Å². The molecule has 0 bridgehead atoms. The lowest BCUT2D eigenvalue weighted by Crippen LogP contribution is -2.21. The van der Waals surface area contributed by atoms with Gasteiger partial charge >= 0.3 is 0 Å². The highest BCUT2D eigenvalue weighted by Gasteiger charge is 2.21. The Labute approximate surface area is 86.0 Å². The molecule has 0 aliphatic carbocycles. The summed E-state index contributed by atoms with van der Waals surface area (Å²) < 4.78 is 12.6. The summed E-state index contributed by atoms with van der Waals surface area (Å²) in [5.74, 6) is -0.611. The van der Waals surface area contributed by atoms with Crippen LogP contribution in [-0.2, 0) is 0 Å². The summed E-state index contributed by atoms with van der Waals surface area (Å²) >= 11 is 0. The van der Waals surface area contributed by atoms with Crippen LogP contribution in [0, 0.1) is 5.82 Å². The molecule has 0 fully saturated rings. The van der Waals surface area contributed by atoms with Crippen LogP contribution in [0.3, 0.4) is 0 Å². The van der Waals surface area contributed by atoms with Crippen molar-refractivity contribution in [1.29, 1.82) is 0 Å². The highest BCUT2D eigenvalue weighted by molar-refractivity contribution is 5.43. The predicted octanol–water partition coefficient (Wildman–Crippen LogP) is -0.420. The number of nitrogens with zero attached hydrogens (tertiary/aromatic N) is 1. The van der Waals surface area contributed by atoms with Gasteiger partial charge in [-0.2, -0.15) is 0 Å². The number of nitrogens with two attached hydrogens (primary N) is 1. The molecule has 0 radical (unpaired) electrons. The van der Waals surface area contributed by atoms with Crippen molar-refractivity contribution < 1.29 is 19.7 Å². The molecule has 0 aromatic carbocycles. The van der Waals surface area contributed by atoms with Gasteiger partial charge in [-0.25, -0.2) is 4.39 Å². The number of aliphatic hydroxyl groups is 3. The van der Waals surface area contributed by atoms with Crippen molar-refractivity contribution in [2.24, 2.45) is 0 Å². The summed E-state index contributed by atoms with van der Waals surface area (Å²) in [6.45, 7) is -0.265. The fraction of sp³-hybridized carbons (Fsp3) is 0.444. The highest BCUT2D eigenvalue weighted by Crippen LogP contribution is 2.22. The Balaban J connectivity index is 2.86. The van der Waals surface area contributed by atoms with Gasteiger partial charge in [0.25, 0.3) is 0 Å². The number of rotatable bonds is 4. The van der Waals surface area contributed by atoms with Crippen molar-refractivity contribution >= 4 is 5.69 Å². The molecular formula is C9H13FN2O3. The van der Waals surface area contributed by atoms with Crippen LogP contribution in [0.1, 0.15) is 18.2 Å². The second-order valence-corrected chi connectivity index (χ2v) is 3.15. The van der Waals surface area contributed by atoms with Crippen molar-refractivity contribution in [2.45, 2.75) is 18.6 Å². The quantitative estimate of drug-likeness (QED) is 0.547. The zero-order valence-corrected chi connectivity index (χ0v) is 7.97. The first-order valence-electron chi connectivity index (χ1n) is 4.44. The monoisotopic (exact) mass is 216 g/mol. The van der Waals surface area contributed by atoms with E-state index in [9.17, 15) is 14.6 Å². The van der Waals surface area contributed by atoms with Gasteiger partial charge in [0.2, 0.25) is 0 Å². The maximum absolute atomic E-state index is 12.6. The lowest BCUT2D eigenvalue weighted by atomic mass is 10.1. The van der Waals surface area contributed by atoms with Crippen molar-refractivity contribution in [3.05, 3.63) is 23.8 Å². The summed E-state index contributed by atoms with van der Waals surface area (Å²) in [4.78, 5) is 3.59. The van der Waals surface area contributed by atoms with Crippen LogP contribution in [0.2, 0.25) is 0 Å². The van der Waals surface area contributed by atoms with E-state index in [4.69, 9.17) is 10.8 Å². The Bertz CT molecular complexity index is 335. The van der Waals surface area contributed by atoms with E-state index in [0.717, 1.165) is 12.3 Å². The van der Waals surface area contributed by atoms with Crippen molar-refractivity contribution in [3.63, 3.8) is 0 Å². The molecule has 0 aliphatic rings. The van der Waals surface area contributed by atoms with Crippen molar-refractivity contribution in [2.75, 3.05) is 12.3 Å². The number of hydrogen-bond acceptors (Lipinski definition) is 5. The number of anilines is 1. The Morgan fingerprint density at radius 1 is 1.47 bits per heavy atom. The fourth-order valence-electron chi connectivity index (χ4n) is 1.19. The molecule has 1 rings (SSSR count). The molecule has 0 spiro atoms. The Hall–Kier alpha value is -1.24. The van der Waals surface area contributed by atoms with E-state index in [1.165, 1.54) is 0 Å². The molecule has 2 unspecified atom stereocenters. The zero-order chi connectivity index (χ0) is 11.4. The number of aliphatic hydroxyl groups excluding tert-OH is 3. The standard InChI is InChI=1S/C9H13FN2O3/c10-5-3-6(11)8(12-4-5)9(15)7(14)1-2-13/h3-4,7,9,13-15H,1-2,11H2. The van der Waals surface area contributed by atoms with Crippen LogP contribution in [0.5, 0.6) is 0 Å². The van der Waals surface area contributed by atoms with E-state index in [1.807, 2.05) is 0 Å². The molecule has 6 heteroatoms. The molecule has 15 heavy (non-hydrogen) atoms. The second-order valence-electron chi connectivity index (χ2n) is 3.15. The van der Waals surface area contributed by atoms with Crippen LogP contribution in [-0.4, -0.2) is 33.0 Å². The maximum atomic E-state index is 12.6. The third-order valence-electron chi connectivity index (χ3n) is 1.99. The first kappa shape index (κ1) is 11.8. The summed E-state index contributed by atoms with van der Waals surface area (Å²) in [5, 5.41) is 27.5. The molecule has 1 heterocycles. The molecule has 1 aromatic heterocycles. The minimum Gasteiger partial charge on any atom is -0.397 e. The average Bonchev–Trinajstić information content (AvgIpc) is 2.17. The first-order valence-corrected chi connectivity index (χ1v) is 4.44. The normalized spacial score (nSPS) is 14.9. The number of pyridine rings is 1. The fourth-order valence-corrected chi connectivity index (χ4v) is 1.19. The third-order valence-corrected chi connectivity index (χ3v) is 1.99. The number of aromatic nitrogens is 1. The smallest absolute Gasteiger partial charge is 0.143 e. The number of hydrogen-bond donors (Lipinski definition) is 4. The zero-order valence-electron chi connectivity index (χ0n) is 7.97. The second kappa shape index (κ2) is 5.01. The van der Waals surface area contributed by atoms with Crippen molar-refractivity contribution in [3.8, 4) is 0 Å². The van der Waals surface area contributed by atoms with E-state index in [-0.39, 0.29) is 24.4 Å². The number of nitrogen functional groups attached to an aromatic ring is 1. The van der Waals surface area contributed by atoms with Crippen LogP contribution >= 0.6 is 0 Å². The van der Waals surface area contributed by atoms with Crippen LogP contribution in [0.15, 0.2) is 12.3 Å². The highest BCUT2D eigenvalue weighted by atomic mass is 19.1. The van der Waals surface area contributed by atoms with E-state index < -0.39 is 18.0 Å². The van der Waals surface area contributed by atoms with Gasteiger partial charge in [-0.3, -0.25) is 4.98 Å². The van der Waals surface area contributed by atoms with E-state index in [1.54, 1.807) is 0 Å². The van der Waals surface area contributed by atoms with Crippen LogP contribution < -0.4 is 5.73 Å². The molecular weight excluding hydrogens is 203 g/mol. The maximum Gasteiger partial charge on any atom is 0.143 e. The molecule has 1 aromatic rings. The summed E-state index contributed by atoms with van der Waals surface area (Å²) in [5.41, 5.74) is 5.40. The Morgan fingerprint density at radius 2 is 2.13 bits per heavy atom. The Kier molecular flexibility index (Phi) is 3.96. The average molecular weight is 216 g/mol. The first-order chi connectivity index (χ1) is 7.06.